The molecule has 1 aromatic heterocycles. The Morgan fingerprint density at radius 2 is 2.24 bits per heavy atom. The maximum Gasteiger partial charge on any atom is 0.347 e. The lowest BCUT2D eigenvalue weighted by molar-refractivity contribution is 0.0698. The molecule has 21 heavy (non-hydrogen) atoms. The van der Waals surface area contributed by atoms with Gasteiger partial charge in [0.25, 0.3) is 0 Å². The molecule has 6 nitrogen and oxygen atoms in total. The molecule has 0 amide bonds. The Bertz CT molecular complexity index is 675. The molecule has 0 saturated carbocycles. The molecule has 1 aliphatic rings. The van der Waals surface area contributed by atoms with Gasteiger partial charge in [-0.15, -0.1) is 11.3 Å². The fraction of sp³-hybridized carbons (Fsp3) is 0.462. The van der Waals surface area contributed by atoms with Gasteiger partial charge in [-0.3, -0.25) is 0 Å². The lowest BCUT2D eigenvalue weighted by atomic mass is 10.1. The van der Waals surface area contributed by atoms with Crippen LogP contribution in [0, 0.1) is 6.92 Å². The van der Waals surface area contributed by atoms with Crippen LogP contribution in [0.4, 0.5) is 0 Å². The summed E-state index contributed by atoms with van der Waals surface area (Å²) >= 11 is 0.943. The van der Waals surface area contributed by atoms with Crippen LogP contribution in [-0.2, 0) is 14.8 Å². The van der Waals surface area contributed by atoms with E-state index in [9.17, 15) is 13.2 Å². The first-order valence-electron chi connectivity index (χ1n) is 6.36. The zero-order chi connectivity index (χ0) is 15.6. The summed E-state index contributed by atoms with van der Waals surface area (Å²) in [6.45, 7) is 2.69. The first-order chi connectivity index (χ1) is 9.87. The van der Waals surface area contributed by atoms with Crippen molar-refractivity contribution in [3.8, 4) is 0 Å². The van der Waals surface area contributed by atoms with E-state index in [2.05, 4.69) is 0 Å². The zero-order valence-electron chi connectivity index (χ0n) is 11.8. The highest BCUT2D eigenvalue weighted by atomic mass is 32.2. The number of hydrogen-bond donors (Lipinski definition) is 1. The van der Waals surface area contributed by atoms with Gasteiger partial charge in [0, 0.05) is 20.2 Å². The van der Waals surface area contributed by atoms with Crippen molar-refractivity contribution in [1.82, 2.24) is 4.31 Å². The molecule has 0 aliphatic carbocycles. The molecule has 0 bridgehead atoms. The summed E-state index contributed by atoms with van der Waals surface area (Å²) in [6.07, 6.45) is 2.42. The lowest BCUT2D eigenvalue weighted by Gasteiger charge is -2.26. The van der Waals surface area contributed by atoms with Crippen LogP contribution in [0.15, 0.2) is 21.9 Å². The number of rotatable bonds is 5. The SMILES string of the molecule is COCC1=CCN(S(=O)(=O)c2c(C)csc2C(=O)O)CC1. The first kappa shape index (κ1) is 16.2. The third-order valence-corrected chi connectivity index (χ3v) is 6.57. The third kappa shape index (κ3) is 3.18. The average Bonchev–Trinajstić information content (AvgIpc) is 2.82. The molecule has 0 atom stereocenters. The van der Waals surface area contributed by atoms with E-state index in [1.165, 1.54) is 4.31 Å². The number of carboxylic acids is 1. The summed E-state index contributed by atoms with van der Waals surface area (Å²) in [6, 6.07) is 0. The number of hydrogen-bond acceptors (Lipinski definition) is 5. The van der Waals surface area contributed by atoms with Gasteiger partial charge in [0.2, 0.25) is 10.0 Å². The maximum absolute atomic E-state index is 12.7. The van der Waals surface area contributed by atoms with E-state index in [1.54, 1.807) is 19.4 Å². The Balaban J connectivity index is 2.32. The molecular weight excluding hydrogens is 314 g/mol. The van der Waals surface area contributed by atoms with Crippen molar-refractivity contribution < 1.29 is 23.1 Å². The van der Waals surface area contributed by atoms with Gasteiger partial charge in [0.15, 0.2) is 0 Å². The van der Waals surface area contributed by atoms with Crippen LogP contribution in [0.2, 0.25) is 0 Å². The molecule has 1 N–H and O–H groups in total. The fourth-order valence-electron chi connectivity index (χ4n) is 2.26. The lowest BCUT2D eigenvalue weighted by Crippen LogP contribution is -2.36. The van der Waals surface area contributed by atoms with Crippen LogP contribution in [0.25, 0.3) is 0 Å². The van der Waals surface area contributed by atoms with E-state index in [0.717, 1.165) is 16.9 Å². The number of carbonyl (C=O) groups is 1. The van der Waals surface area contributed by atoms with Gasteiger partial charge < -0.3 is 9.84 Å². The van der Waals surface area contributed by atoms with Crippen molar-refractivity contribution in [2.45, 2.75) is 18.2 Å². The van der Waals surface area contributed by atoms with Crippen molar-refractivity contribution in [3.63, 3.8) is 0 Å². The van der Waals surface area contributed by atoms with Gasteiger partial charge in [0.05, 0.1) is 6.61 Å². The molecule has 0 fully saturated rings. The smallest absolute Gasteiger partial charge is 0.347 e. The third-order valence-electron chi connectivity index (χ3n) is 3.31. The average molecular weight is 331 g/mol. The summed E-state index contributed by atoms with van der Waals surface area (Å²) in [5.41, 5.74) is 1.54. The highest BCUT2D eigenvalue weighted by molar-refractivity contribution is 7.89. The maximum atomic E-state index is 12.7. The van der Waals surface area contributed by atoms with Gasteiger partial charge >= 0.3 is 5.97 Å². The van der Waals surface area contributed by atoms with E-state index in [4.69, 9.17) is 9.84 Å². The normalized spacial score (nSPS) is 16.8. The van der Waals surface area contributed by atoms with Crippen molar-refractivity contribution in [2.75, 3.05) is 26.8 Å². The van der Waals surface area contributed by atoms with E-state index in [1.807, 2.05) is 6.08 Å². The molecule has 116 valence electrons. The van der Waals surface area contributed by atoms with Crippen molar-refractivity contribution in [3.05, 3.63) is 27.5 Å². The van der Waals surface area contributed by atoms with E-state index in [0.29, 0.717) is 25.1 Å². The van der Waals surface area contributed by atoms with Crippen LogP contribution < -0.4 is 0 Å². The standard InChI is InChI=1S/C13H17NO5S2/c1-9-8-20-11(13(15)16)12(9)21(17,18)14-5-3-10(4-6-14)7-19-2/h3,8H,4-7H2,1-2H3,(H,15,16). The molecule has 2 heterocycles. The molecule has 0 spiro atoms. The van der Waals surface area contributed by atoms with Crippen molar-refractivity contribution in [2.24, 2.45) is 0 Å². The van der Waals surface area contributed by atoms with Crippen LogP contribution in [0.5, 0.6) is 0 Å². The van der Waals surface area contributed by atoms with Crippen LogP contribution in [0.1, 0.15) is 21.7 Å². The van der Waals surface area contributed by atoms with E-state index < -0.39 is 16.0 Å². The Hall–Kier alpha value is -1.22. The van der Waals surface area contributed by atoms with Gasteiger partial charge in [-0.1, -0.05) is 6.08 Å². The summed E-state index contributed by atoms with van der Waals surface area (Å²) in [4.78, 5) is 11.0. The summed E-state index contributed by atoms with van der Waals surface area (Å²) < 4.78 is 31.7. The number of aryl methyl sites for hydroxylation is 1. The molecule has 0 saturated heterocycles. The molecule has 0 radical (unpaired) electrons. The minimum atomic E-state index is -3.79. The van der Waals surface area contributed by atoms with Gasteiger partial charge in [-0.05, 0) is 29.9 Å². The number of methoxy groups -OCH3 is 1. The molecule has 1 aliphatic heterocycles. The topological polar surface area (TPSA) is 83.9 Å². The predicted molar refractivity (Wildman–Crippen MR) is 79.4 cm³/mol. The zero-order valence-corrected chi connectivity index (χ0v) is 13.5. The predicted octanol–water partition coefficient (Wildman–Crippen LogP) is 1.72. The highest BCUT2D eigenvalue weighted by Crippen LogP contribution is 2.30. The van der Waals surface area contributed by atoms with Crippen LogP contribution in [-0.4, -0.2) is 50.6 Å². The molecule has 8 heteroatoms. The fourth-order valence-corrected chi connectivity index (χ4v) is 5.22. The second-order valence-corrected chi connectivity index (χ2v) is 7.54. The second kappa shape index (κ2) is 6.27. The summed E-state index contributed by atoms with van der Waals surface area (Å²) in [5.74, 6) is -1.21. The quantitative estimate of drug-likeness (QED) is 0.831. The Morgan fingerprint density at radius 3 is 2.76 bits per heavy atom. The number of aromatic carboxylic acids is 1. The minimum Gasteiger partial charge on any atom is -0.477 e. The van der Waals surface area contributed by atoms with E-state index in [-0.39, 0.29) is 16.3 Å². The van der Waals surface area contributed by atoms with Crippen molar-refractivity contribution >= 4 is 27.3 Å². The van der Waals surface area contributed by atoms with E-state index >= 15 is 0 Å². The van der Waals surface area contributed by atoms with Gasteiger partial charge in [-0.25, -0.2) is 13.2 Å². The number of carboxylic acid groups (broad SMARTS) is 1. The summed E-state index contributed by atoms with van der Waals surface area (Å²) in [5, 5.41) is 10.7. The Morgan fingerprint density at radius 1 is 1.52 bits per heavy atom. The van der Waals surface area contributed by atoms with Crippen LogP contribution in [0.3, 0.4) is 0 Å². The van der Waals surface area contributed by atoms with Gasteiger partial charge in [0.1, 0.15) is 9.77 Å². The Labute approximate surface area is 127 Å². The van der Waals surface area contributed by atoms with Crippen molar-refractivity contribution in [1.29, 1.82) is 0 Å². The van der Waals surface area contributed by atoms with Crippen LogP contribution >= 0.6 is 11.3 Å². The molecule has 2 rings (SSSR count). The summed E-state index contributed by atoms with van der Waals surface area (Å²) in [7, 11) is -2.19. The molecule has 0 unspecified atom stereocenters. The number of nitrogens with zero attached hydrogens (tertiary/aromatic N) is 1. The highest BCUT2D eigenvalue weighted by Gasteiger charge is 2.32. The molecular formula is C13H17NO5S2. The minimum absolute atomic E-state index is 0.0800. The monoisotopic (exact) mass is 331 g/mol. The molecule has 1 aromatic rings. The number of sulfonamides is 1. The van der Waals surface area contributed by atoms with Gasteiger partial charge in [-0.2, -0.15) is 4.31 Å². The Kier molecular flexibility index (Phi) is 4.82. The first-order valence-corrected chi connectivity index (χ1v) is 8.68. The largest absolute Gasteiger partial charge is 0.477 e. The molecule has 0 aromatic carbocycles. The number of ether oxygens (including phenoxy) is 1. The second-order valence-electron chi connectivity index (χ2n) is 4.79. The number of thiophene rings is 1.